The van der Waals surface area contributed by atoms with Gasteiger partial charge < -0.3 is 25.0 Å². The van der Waals surface area contributed by atoms with Crippen molar-refractivity contribution in [3.05, 3.63) is 77.5 Å². The zero-order valence-electron chi connectivity index (χ0n) is 22.4. The topological polar surface area (TPSA) is 158 Å². The van der Waals surface area contributed by atoms with Gasteiger partial charge in [-0.3, -0.25) is 9.79 Å². The highest BCUT2D eigenvalue weighted by Gasteiger charge is 2.24. The molecule has 212 valence electrons. The highest BCUT2D eigenvalue weighted by atomic mass is 19.1. The van der Waals surface area contributed by atoms with Gasteiger partial charge in [0, 0.05) is 43.9 Å². The number of pyridine rings is 1. The Labute approximate surface area is 235 Å². The van der Waals surface area contributed by atoms with Gasteiger partial charge in [0.1, 0.15) is 5.65 Å². The second-order valence-corrected chi connectivity index (χ2v) is 9.30. The molecule has 0 atom stereocenters. The minimum absolute atomic E-state index is 0. The molecule has 3 heterocycles. The molecule has 0 spiro atoms. The lowest BCUT2D eigenvalue weighted by Gasteiger charge is -2.14. The summed E-state index contributed by atoms with van der Waals surface area (Å²) in [6.07, 6.45) is 10.4. The number of aromatic nitrogens is 4. The Balaban J connectivity index is 0.00000405. The van der Waals surface area contributed by atoms with Crippen LogP contribution in [-0.4, -0.2) is 57.4 Å². The number of imidazole rings is 1. The minimum Gasteiger partial charge on any atom is -0.494 e. The third-order valence-corrected chi connectivity index (χ3v) is 6.60. The van der Waals surface area contributed by atoms with Crippen molar-refractivity contribution in [1.82, 2.24) is 24.7 Å². The van der Waals surface area contributed by atoms with Gasteiger partial charge in [-0.1, -0.05) is 12.1 Å². The van der Waals surface area contributed by atoms with Crippen LogP contribution < -0.4 is 15.9 Å². The number of aliphatic imine (C=N–C) groups is 1. The Morgan fingerprint density at radius 1 is 1.20 bits per heavy atom. The molecule has 0 bridgehead atoms. The van der Waals surface area contributed by atoms with Crippen molar-refractivity contribution in [2.75, 3.05) is 14.2 Å². The number of amides is 1. The average Bonchev–Trinajstić information content (AvgIpc) is 3.77. The van der Waals surface area contributed by atoms with E-state index >= 15 is 4.39 Å². The minimum atomic E-state index is -0.705. The van der Waals surface area contributed by atoms with Gasteiger partial charge in [-0.15, -0.1) is 0 Å². The van der Waals surface area contributed by atoms with Crippen LogP contribution in [0.1, 0.15) is 47.6 Å². The molecule has 0 unspecified atom stereocenters. The van der Waals surface area contributed by atoms with Gasteiger partial charge in [0.2, 0.25) is 5.82 Å². The van der Waals surface area contributed by atoms with Gasteiger partial charge in [-0.05, 0) is 42.0 Å². The number of ether oxygens (including phenoxy) is 2. The number of benzene rings is 1. The van der Waals surface area contributed by atoms with Crippen molar-refractivity contribution >= 4 is 29.4 Å². The summed E-state index contributed by atoms with van der Waals surface area (Å²) in [4.78, 5) is 41.3. The van der Waals surface area contributed by atoms with Gasteiger partial charge in [-0.2, -0.15) is 5.10 Å². The molecule has 1 aliphatic rings. The molecular formula is C28H29FN8O4. The second kappa shape index (κ2) is 11.9. The molecular weight excluding hydrogens is 531 g/mol. The van der Waals surface area contributed by atoms with E-state index < -0.39 is 17.7 Å². The highest BCUT2D eigenvalue weighted by molar-refractivity contribution is 6.60. The number of rotatable bonds is 10. The number of methoxy groups -OCH3 is 2. The normalized spacial score (nSPS) is 13.5. The molecule has 4 aromatic rings. The number of carbonyl (C=O) groups is 2. The van der Waals surface area contributed by atoms with E-state index in [2.05, 4.69) is 47.4 Å². The quantitative estimate of drug-likeness (QED) is 0.130. The predicted molar refractivity (Wildman–Crippen MR) is 150 cm³/mol. The average molecular weight is 561 g/mol. The molecule has 0 radical (unpaired) electrons. The van der Waals surface area contributed by atoms with Crippen molar-refractivity contribution in [2.45, 2.75) is 31.8 Å². The Bertz CT molecular complexity index is 1670. The van der Waals surface area contributed by atoms with Gasteiger partial charge in [0.15, 0.2) is 17.3 Å². The molecule has 5 rings (SSSR count). The summed E-state index contributed by atoms with van der Waals surface area (Å²) >= 11 is 0. The fraction of sp³-hybridized carbons (Fsp3) is 0.250. The van der Waals surface area contributed by atoms with Crippen molar-refractivity contribution in [2.24, 2.45) is 15.9 Å². The fourth-order valence-corrected chi connectivity index (χ4v) is 4.30. The monoisotopic (exact) mass is 560 g/mol. The molecule has 1 fully saturated rings. The lowest BCUT2D eigenvalue weighted by Crippen LogP contribution is -2.32. The number of esters is 1. The van der Waals surface area contributed by atoms with E-state index in [1.165, 1.54) is 57.3 Å². The predicted octanol–water partition coefficient (Wildman–Crippen LogP) is 3.05. The first-order valence-corrected chi connectivity index (χ1v) is 12.7. The Morgan fingerprint density at radius 2 is 1.98 bits per heavy atom. The van der Waals surface area contributed by atoms with E-state index in [0.29, 0.717) is 17.0 Å². The summed E-state index contributed by atoms with van der Waals surface area (Å²) in [5, 5.41) is 6.14. The lowest BCUT2D eigenvalue weighted by molar-refractivity contribution is -0.114. The van der Waals surface area contributed by atoms with Crippen LogP contribution in [0.15, 0.2) is 59.1 Å². The van der Waals surface area contributed by atoms with E-state index in [-0.39, 0.29) is 37.4 Å². The van der Waals surface area contributed by atoms with Crippen molar-refractivity contribution in [3.8, 4) is 16.9 Å². The number of halogens is 1. The molecule has 41 heavy (non-hydrogen) atoms. The molecule has 3 aromatic heterocycles. The van der Waals surface area contributed by atoms with Crippen LogP contribution in [-0.2, 0) is 22.6 Å². The van der Waals surface area contributed by atoms with Gasteiger partial charge in [-0.25, -0.2) is 24.1 Å². The summed E-state index contributed by atoms with van der Waals surface area (Å²) in [7, 11) is 2.55. The second-order valence-electron chi connectivity index (χ2n) is 9.30. The van der Waals surface area contributed by atoms with Crippen LogP contribution in [0.2, 0.25) is 0 Å². The molecule has 1 aromatic carbocycles. The van der Waals surface area contributed by atoms with E-state index in [0.717, 1.165) is 11.3 Å². The largest absolute Gasteiger partial charge is 0.494 e. The molecule has 3 N–H and O–H groups in total. The van der Waals surface area contributed by atoms with Crippen LogP contribution in [0.4, 0.5) is 4.39 Å². The summed E-state index contributed by atoms with van der Waals surface area (Å²) in [5.41, 5.74) is 3.57. The summed E-state index contributed by atoms with van der Waals surface area (Å²) in [6, 6.07) is 7.11. The number of carbonyl (C=O) groups excluding carboxylic acids is 2. The van der Waals surface area contributed by atoms with Crippen LogP contribution >= 0.6 is 0 Å². The van der Waals surface area contributed by atoms with E-state index in [1.807, 2.05) is 16.7 Å². The van der Waals surface area contributed by atoms with Gasteiger partial charge >= 0.3 is 5.97 Å². The van der Waals surface area contributed by atoms with Gasteiger partial charge in [0.25, 0.3) is 5.91 Å². The van der Waals surface area contributed by atoms with E-state index in [4.69, 9.17) is 10.6 Å². The first-order valence-electron chi connectivity index (χ1n) is 12.7. The zero-order chi connectivity index (χ0) is 28.9. The maximum atomic E-state index is 15.3. The van der Waals surface area contributed by atoms with Crippen LogP contribution in [0.5, 0.6) is 5.75 Å². The molecule has 12 nitrogen and oxygen atoms in total. The molecule has 1 saturated carbocycles. The Kier molecular flexibility index (Phi) is 7.94. The standard InChI is InChI=1S/C28H27FN8O4.H2/c1-40-23-7-6-20(18-9-32-26(33-10-18)28(39)41-2)21(25(23)29)12-34-27(38)22(36-30)13-31-11-19-15-37-14-17(16-3-4-16)5-8-24(37)35-19;/h5-10,13-16H,3-4,11-12,30H2,1-2H3,(H,34,38);1H/b31-13?,36-22+;. The SMILES string of the molecule is COC(=O)c1ncc(-c2ccc(OC)c(F)c2CNC(=O)/C(C=NCc2cn3cc(C4CC4)ccc3n2)=N/N)cn1.[HH]. The molecule has 1 aliphatic carbocycles. The van der Waals surface area contributed by atoms with Crippen molar-refractivity contribution in [3.63, 3.8) is 0 Å². The number of hydrazone groups is 1. The zero-order valence-corrected chi connectivity index (χ0v) is 22.4. The smallest absolute Gasteiger partial charge is 0.376 e. The number of nitrogens with one attached hydrogen (secondary N) is 1. The first kappa shape index (κ1) is 27.4. The van der Waals surface area contributed by atoms with Crippen LogP contribution in [0, 0.1) is 5.82 Å². The third kappa shape index (κ3) is 6.03. The van der Waals surface area contributed by atoms with Crippen molar-refractivity contribution < 1.29 is 24.9 Å². The van der Waals surface area contributed by atoms with Crippen LogP contribution in [0.3, 0.4) is 0 Å². The number of hydrogen-bond acceptors (Lipinski definition) is 10. The fourth-order valence-electron chi connectivity index (χ4n) is 4.30. The molecule has 0 saturated heterocycles. The van der Waals surface area contributed by atoms with E-state index in [1.54, 1.807) is 6.07 Å². The maximum Gasteiger partial charge on any atom is 0.376 e. The number of nitrogens with two attached hydrogens (primary N) is 1. The van der Waals surface area contributed by atoms with Gasteiger partial charge in [0.05, 0.1) is 32.7 Å². The first-order chi connectivity index (χ1) is 19.9. The summed E-state index contributed by atoms with van der Waals surface area (Å²) in [5.74, 6) is 3.87. The maximum absolute atomic E-state index is 15.3. The number of hydrogen-bond donors (Lipinski definition) is 2. The van der Waals surface area contributed by atoms with Crippen molar-refractivity contribution in [1.29, 1.82) is 0 Å². The molecule has 13 heteroatoms. The summed E-state index contributed by atoms with van der Waals surface area (Å²) in [6.45, 7) is -0.0262. The molecule has 0 aliphatic heterocycles. The summed E-state index contributed by atoms with van der Waals surface area (Å²) < 4.78 is 27.0. The number of nitrogens with zero attached hydrogens (tertiary/aromatic N) is 6. The van der Waals surface area contributed by atoms with Crippen LogP contribution in [0.25, 0.3) is 16.8 Å². The Morgan fingerprint density at radius 3 is 2.66 bits per heavy atom. The third-order valence-electron chi connectivity index (χ3n) is 6.60. The highest BCUT2D eigenvalue weighted by Crippen LogP contribution is 2.39. The molecule has 1 amide bonds. The lowest BCUT2D eigenvalue weighted by atomic mass is 10.0. The Hall–Kier alpha value is -5.20. The number of fused-ring (bicyclic) bond motifs is 1. The van der Waals surface area contributed by atoms with E-state index in [9.17, 15) is 9.59 Å².